The van der Waals surface area contributed by atoms with Crippen molar-refractivity contribution in [1.29, 1.82) is 5.26 Å². The molecule has 0 bridgehead atoms. The summed E-state index contributed by atoms with van der Waals surface area (Å²) in [5, 5.41) is 27.6. The number of anilines is 1. The lowest BCUT2D eigenvalue weighted by molar-refractivity contribution is -0.384. The molecular formula is C23H13ClN4O4. The van der Waals surface area contributed by atoms with Gasteiger partial charge in [0.2, 0.25) is 0 Å². The van der Waals surface area contributed by atoms with Gasteiger partial charge in [-0.3, -0.25) is 14.9 Å². The van der Waals surface area contributed by atoms with Crippen LogP contribution in [0.2, 0.25) is 5.02 Å². The summed E-state index contributed by atoms with van der Waals surface area (Å²) in [6.45, 7) is 0. The SMILES string of the molecule is N#CC(=Cc1ccc2noc(-c3ccccc3)c2c1)C(=O)Nc1ccc([N+](=O)[O-])cc1Cl. The van der Waals surface area contributed by atoms with Crippen LogP contribution in [0, 0.1) is 21.4 Å². The number of carbonyl (C=O) groups excluding carboxylic acids is 1. The number of nitriles is 1. The molecule has 0 aliphatic rings. The average molecular weight is 445 g/mol. The first-order valence-corrected chi connectivity index (χ1v) is 9.66. The predicted octanol–water partition coefficient (Wildman–Crippen LogP) is 5.60. The summed E-state index contributed by atoms with van der Waals surface area (Å²) in [4.78, 5) is 22.8. The van der Waals surface area contributed by atoms with Crippen LogP contribution in [-0.2, 0) is 4.79 Å². The van der Waals surface area contributed by atoms with E-state index in [4.69, 9.17) is 16.1 Å². The molecule has 0 fully saturated rings. The first-order valence-electron chi connectivity index (χ1n) is 9.28. The topological polar surface area (TPSA) is 122 Å². The van der Waals surface area contributed by atoms with E-state index < -0.39 is 10.8 Å². The molecule has 1 aromatic heterocycles. The first kappa shape index (κ1) is 20.8. The zero-order valence-corrected chi connectivity index (χ0v) is 17.0. The van der Waals surface area contributed by atoms with Gasteiger partial charge in [-0.1, -0.05) is 53.2 Å². The zero-order valence-electron chi connectivity index (χ0n) is 16.3. The number of carbonyl (C=O) groups is 1. The molecule has 8 nitrogen and oxygen atoms in total. The summed E-state index contributed by atoms with van der Waals surface area (Å²) in [7, 11) is 0. The van der Waals surface area contributed by atoms with Crippen molar-refractivity contribution >= 4 is 45.9 Å². The van der Waals surface area contributed by atoms with E-state index in [0.29, 0.717) is 16.8 Å². The number of amides is 1. The lowest BCUT2D eigenvalue weighted by Crippen LogP contribution is -2.13. The van der Waals surface area contributed by atoms with Crippen molar-refractivity contribution in [1.82, 2.24) is 5.16 Å². The number of nitro groups is 1. The number of fused-ring (bicyclic) bond motifs is 1. The normalized spacial score (nSPS) is 11.2. The maximum atomic E-state index is 12.6. The summed E-state index contributed by atoms with van der Waals surface area (Å²) in [5.41, 5.74) is 1.87. The van der Waals surface area contributed by atoms with Crippen molar-refractivity contribution in [3.63, 3.8) is 0 Å². The molecule has 0 saturated heterocycles. The maximum Gasteiger partial charge on any atom is 0.271 e. The molecule has 32 heavy (non-hydrogen) atoms. The number of aromatic nitrogens is 1. The third kappa shape index (κ3) is 4.19. The lowest BCUT2D eigenvalue weighted by Gasteiger charge is -2.06. The van der Waals surface area contributed by atoms with Crippen LogP contribution < -0.4 is 5.32 Å². The van der Waals surface area contributed by atoms with E-state index in [1.54, 1.807) is 18.2 Å². The van der Waals surface area contributed by atoms with E-state index in [9.17, 15) is 20.2 Å². The molecule has 1 amide bonds. The Hall–Kier alpha value is -4.48. The van der Waals surface area contributed by atoms with Gasteiger partial charge in [0.05, 0.1) is 21.0 Å². The molecule has 0 unspecified atom stereocenters. The van der Waals surface area contributed by atoms with Crippen LogP contribution in [0.15, 0.2) is 76.8 Å². The number of halogens is 1. The van der Waals surface area contributed by atoms with Crippen LogP contribution in [0.5, 0.6) is 0 Å². The van der Waals surface area contributed by atoms with Crippen LogP contribution in [0.4, 0.5) is 11.4 Å². The number of hydrogen-bond acceptors (Lipinski definition) is 6. The smallest absolute Gasteiger partial charge is 0.271 e. The fourth-order valence-corrected chi connectivity index (χ4v) is 3.29. The fraction of sp³-hybridized carbons (Fsp3) is 0. The van der Waals surface area contributed by atoms with Gasteiger partial charge in [0.25, 0.3) is 11.6 Å². The van der Waals surface area contributed by atoms with Crippen molar-refractivity contribution in [3.05, 3.63) is 93.0 Å². The molecule has 156 valence electrons. The molecule has 0 radical (unpaired) electrons. The summed E-state index contributed by atoms with van der Waals surface area (Å²) in [5.74, 6) is -0.117. The van der Waals surface area contributed by atoms with Gasteiger partial charge in [0, 0.05) is 17.7 Å². The van der Waals surface area contributed by atoms with Crippen molar-refractivity contribution in [2.75, 3.05) is 5.32 Å². The number of rotatable bonds is 5. The van der Waals surface area contributed by atoms with Crippen molar-refractivity contribution < 1.29 is 14.2 Å². The van der Waals surface area contributed by atoms with E-state index >= 15 is 0 Å². The number of hydrogen-bond donors (Lipinski definition) is 1. The lowest BCUT2D eigenvalue weighted by atomic mass is 10.0. The maximum absolute atomic E-state index is 12.6. The van der Waals surface area contributed by atoms with E-state index in [1.807, 2.05) is 36.4 Å². The van der Waals surface area contributed by atoms with Crippen LogP contribution in [0.1, 0.15) is 5.56 Å². The molecule has 0 saturated carbocycles. The van der Waals surface area contributed by atoms with E-state index in [2.05, 4.69) is 10.5 Å². The number of non-ortho nitro benzene ring substituents is 1. The van der Waals surface area contributed by atoms with Crippen LogP contribution in [-0.4, -0.2) is 16.0 Å². The Morgan fingerprint density at radius 2 is 1.94 bits per heavy atom. The minimum atomic E-state index is -0.697. The molecular weight excluding hydrogens is 432 g/mol. The minimum absolute atomic E-state index is 0.0109. The number of nitrogens with one attached hydrogen (secondary N) is 1. The summed E-state index contributed by atoms with van der Waals surface area (Å²) >= 11 is 6.02. The predicted molar refractivity (Wildman–Crippen MR) is 120 cm³/mol. The van der Waals surface area contributed by atoms with Crippen molar-refractivity contribution in [3.8, 4) is 17.4 Å². The third-order valence-electron chi connectivity index (χ3n) is 4.62. The minimum Gasteiger partial charge on any atom is -0.355 e. The number of nitrogens with zero attached hydrogens (tertiary/aromatic N) is 3. The van der Waals surface area contributed by atoms with E-state index in [1.165, 1.54) is 18.2 Å². The third-order valence-corrected chi connectivity index (χ3v) is 4.94. The monoisotopic (exact) mass is 444 g/mol. The molecule has 3 aromatic carbocycles. The summed E-state index contributed by atoms with van der Waals surface area (Å²) in [6.07, 6.45) is 1.43. The van der Waals surface area contributed by atoms with E-state index in [0.717, 1.165) is 17.0 Å². The number of benzene rings is 3. The zero-order chi connectivity index (χ0) is 22.7. The van der Waals surface area contributed by atoms with Gasteiger partial charge in [0.1, 0.15) is 17.2 Å². The Kier molecular flexibility index (Phi) is 5.66. The Bertz CT molecular complexity index is 1420. The molecule has 9 heteroatoms. The van der Waals surface area contributed by atoms with Crippen LogP contribution in [0.3, 0.4) is 0 Å². The van der Waals surface area contributed by atoms with Crippen molar-refractivity contribution in [2.45, 2.75) is 0 Å². The molecule has 4 aromatic rings. The molecule has 0 atom stereocenters. The first-order chi connectivity index (χ1) is 15.5. The Balaban J connectivity index is 1.64. The molecule has 0 aliphatic carbocycles. The molecule has 0 aliphatic heterocycles. The number of nitro benzene ring substituents is 1. The standard InChI is InChI=1S/C23H13ClN4O4/c24-19-12-17(28(30)31)7-9-21(19)26-23(29)16(13-25)10-14-6-8-20-18(11-14)22(32-27-20)15-4-2-1-3-5-15/h1-12H,(H,26,29). The van der Waals surface area contributed by atoms with Gasteiger partial charge in [-0.15, -0.1) is 0 Å². The molecule has 1 N–H and O–H groups in total. The average Bonchev–Trinajstić information content (AvgIpc) is 3.22. The second-order valence-corrected chi connectivity index (χ2v) is 7.11. The second kappa shape index (κ2) is 8.71. The highest BCUT2D eigenvalue weighted by Gasteiger charge is 2.15. The highest BCUT2D eigenvalue weighted by Crippen LogP contribution is 2.30. The van der Waals surface area contributed by atoms with Gasteiger partial charge in [-0.25, -0.2) is 0 Å². The van der Waals surface area contributed by atoms with Gasteiger partial charge in [0.15, 0.2) is 5.76 Å². The Morgan fingerprint density at radius 1 is 1.16 bits per heavy atom. The largest absolute Gasteiger partial charge is 0.355 e. The Morgan fingerprint density at radius 3 is 2.62 bits per heavy atom. The van der Waals surface area contributed by atoms with Gasteiger partial charge >= 0.3 is 0 Å². The van der Waals surface area contributed by atoms with Crippen LogP contribution >= 0.6 is 11.6 Å². The quantitative estimate of drug-likeness (QED) is 0.185. The van der Waals surface area contributed by atoms with E-state index in [-0.39, 0.29) is 22.0 Å². The van der Waals surface area contributed by atoms with Gasteiger partial charge in [-0.05, 0) is 29.8 Å². The van der Waals surface area contributed by atoms with Gasteiger partial charge < -0.3 is 9.84 Å². The van der Waals surface area contributed by atoms with Gasteiger partial charge in [-0.2, -0.15) is 5.26 Å². The fourth-order valence-electron chi connectivity index (χ4n) is 3.07. The molecule has 1 heterocycles. The van der Waals surface area contributed by atoms with Crippen molar-refractivity contribution in [2.24, 2.45) is 0 Å². The summed E-state index contributed by atoms with van der Waals surface area (Å²) < 4.78 is 5.48. The highest BCUT2D eigenvalue weighted by atomic mass is 35.5. The highest BCUT2D eigenvalue weighted by molar-refractivity contribution is 6.34. The Labute approximate surface area is 186 Å². The molecule has 0 spiro atoms. The van der Waals surface area contributed by atoms with Crippen LogP contribution in [0.25, 0.3) is 28.3 Å². The molecule has 4 rings (SSSR count). The summed E-state index contributed by atoms with van der Waals surface area (Å²) in [6, 6.07) is 20.2. The second-order valence-electron chi connectivity index (χ2n) is 6.70.